The lowest BCUT2D eigenvalue weighted by Crippen LogP contribution is -2.41. The summed E-state index contributed by atoms with van der Waals surface area (Å²) in [7, 11) is 0. The van der Waals surface area contributed by atoms with Gasteiger partial charge in [0.15, 0.2) is 6.10 Å². The number of hydrogen-bond acceptors (Lipinski definition) is 7. The molecule has 0 bridgehead atoms. The summed E-state index contributed by atoms with van der Waals surface area (Å²) < 4.78 is 4.91. The van der Waals surface area contributed by atoms with Crippen molar-refractivity contribution in [1.29, 1.82) is 0 Å². The van der Waals surface area contributed by atoms with Crippen LogP contribution in [0.2, 0.25) is 5.02 Å². The second-order valence-corrected chi connectivity index (χ2v) is 8.70. The maximum atomic E-state index is 13.0. The number of nitrogens with one attached hydrogen (secondary N) is 1. The summed E-state index contributed by atoms with van der Waals surface area (Å²) in [5.74, 6) is -1.18. The minimum absolute atomic E-state index is 0.0393. The van der Waals surface area contributed by atoms with E-state index in [2.05, 4.69) is 15.6 Å². The molecule has 1 amide bonds. The molecule has 36 heavy (non-hydrogen) atoms. The standard InChI is InChI=1S/C26H25ClN4O5/c1-2-36-26(34)24(32)15-21(28-25(33)19-10-11-22-23(14-19)31(35)30-29-22)12-16-6-8-17(9-7-16)18-4-3-5-20(27)13-18/h3-11,13-14,21,24,32,35H,2,12,15H2,1H3,(H,28,33). The molecule has 10 heteroatoms. The number of amides is 1. The van der Waals surface area contributed by atoms with Crippen molar-refractivity contribution in [2.75, 3.05) is 6.61 Å². The predicted octanol–water partition coefficient (Wildman–Crippen LogP) is 3.64. The highest BCUT2D eigenvalue weighted by Gasteiger charge is 2.24. The second-order valence-electron chi connectivity index (χ2n) is 8.27. The maximum Gasteiger partial charge on any atom is 0.335 e. The Morgan fingerprint density at radius 1 is 1.08 bits per heavy atom. The van der Waals surface area contributed by atoms with Crippen molar-refractivity contribution in [2.45, 2.75) is 31.9 Å². The third kappa shape index (κ3) is 5.99. The van der Waals surface area contributed by atoms with Crippen LogP contribution >= 0.6 is 11.6 Å². The first-order valence-corrected chi connectivity index (χ1v) is 11.8. The zero-order chi connectivity index (χ0) is 25.7. The van der Waals surface area contributed by atoms with Crippen LogP contribution in [-0.4, -0.2) is 56.1 Å². The van der Waals surface area contributed by atoms with Crippen LogP contribution < -0.4 is 5.32 Å². The van der Waals surface area contributed by atoms with Gasteiger partial charge in [-0.25, -0.2) is 4.79 Å². The van der Waals surface area contributed by atoms with Gasteiger partial charge in [0, 0.05) is 23.0 Å². The fourth-order valence-electron chi connectivity index (χ4n) is 3.90. The Morgan fingerprint density at radius 2 is 1.86 bits per heavy atom. The third-order valence-corrected chi connectivity index (χ3v) is 5.92. The van der Waals surface area contributed by atoms with E-state index in [0.717, 1.165) is 16.7 Å². The highest BCUT2D eigenvalue weighted by Crippen LogP contribution is 2.24. The smallest absolute Gasteiger partial charge is 0.335 e. The van der Waals surface area contributed by atoms with Gasteiger partial charge < -0.3 is 20.4 Å². The van der Waals surface area contributed by atoms with Crippen LogP contribution in [0, 0.1) is 0 Å². The van der Waals surface area contributed by atoms with Crippen LogP contribution in [-0.2, 0) is 16.0 Å². The van der Waals surface area contributed by atoms with Gasteiger partial charge in [0.1, 0.15) is 11.0 Å². The first-order chi connectivity index (χ1) is 17.3. The van der Waals surface area contributed by atoms with Crippen LogP contribution in [0.15, 0.2) is 66.7 Å². The van der Waals surface area contributed by atoms with Crippen molar-refractivity contribution in [2.24, 2.45) is 0 Å². The first kappa shape index (κ1) is 25.2. The monoisotopic (exact) mass is 508 g/mol. The Hall–Kier alpha value is -3.95. The summed E-state index contributed by atoms with van der Waals surface area (Å²) in [6.45, 7) is 1.79. The third-order valence-electron chi connectivity index (χ3n) is 5.69. The molecule has 1 aromatic heterocycles. The van der Waals surface area contributed by atoms with Crippen molar-refractivity contribution >= 4 is 34.5 Å². The fraction of sp³-hybridized carbons (Fsp3) is 0.231. The Balaban J connectivity index is 1.53. The number of nitrogens with zero attached hydrogens (tertiary/aromatic N) is 3. The van der Waals surface area contributed by atoms with E-state index in [1.165, 1.54) is 6.07 Å². The number of halogens is 1. The van der Waals surface area contributed by atoms with E-state index in [4.69, 9.17) is 16.3 Å². The number of fused-ring (bicyclic) bond motifs is 1. The van der Waals surface area contributed by atoms with Crippen molar-refractivity contribution in [3.8, 4) is 11.1 Å². The number of rotatable bonds is 9. The summed E-state index contributed by atoms with van der Waals surface area (Å²) in [4.78, 5) is 25.6. The molecule has 186 valence electrons. The van der Waals surface area contributed by atoms with E-state index in [0.29, 0.717) is 21.8 Å². The van der Waals surface area contributed by atoms with E-state index in [1.54, 1.807) is 19.1 Å². The first-order valence-electron chi connectivity index (χ1n) is 11.4. The average Bonchev–Trinajstić information content (AvgIpc) is 3.24. The van der Waals surface area contributed by atoms with Gasteiger partial charge in [-0.3, -0.25) is 4.79 Å². The number of aliphatic hydroxyl groups excluding tert-OH is 1. The van der Waals surface area contributed by atoms with Crippen molar-refractivity contribution in [3.63, 3.8) is 0 Å². The molecule has 4 aromatic rings. The number of aliphatic hydroxyl groups is 1. The van der Waals surface area contributed by atoms with Gasteiger partial charge in [-0.15, -0.1) is 5.10 Å². The highest BCUT2D eigenvalue weighted by atomic mass is 35.5. The van der Waals surface area contributed by atoms with Crippen LogP contribution in [0.3, 0.4) is 0 Å². The Morgan fingerprint density at radius 3 is 2.58 bits per heavy atom. The molecule has 0 saturated heterocycles. The maximum absolute atomic E-state index is 13.0. The number of ether oxygens (including phenoxy) is 1. The molecule has 0 aliphatic carbocycles. The fourth-order valence-corrected chi connectivity index (χ4v) is 4.09. The average molecular weight is 509 g/mol. The van der Waals surface area contributed by atoms with E-state index >= 15 is 0 Å². The molecule has 0 aliphatic heterocycles. The van der Waals surface area contributed by atoms with Gasteiger partial charge in [-0.1, -0.05) is 52.8 Å². The number of esters is 1. The van der Waals surface area contributed by atoms with Crippen LogP contribution in [0.5, 0.6) is 0 Å². The van der Waals surface area contributed by atoms with Gasteiger partial charge in [-0.2, -0.15) is 0 Å². The zero-order valence-electron chi connectivity index (χ0n) is 19.5. The second kappa shape index (κ2) is 11.2. The predicted molar refractivity (Wildman–Crippen MR) is 134 cm³/mol. The van der Waals surface area contributed by atoms with Crippen LogP contribution in [0.1, 0.15) is 29.3 Å². The van der Waals surface area contributed by atoms with Crippen LogP contribution in [0.25, 0.3) is 22.2 Å². The largest absolute Gasteiger partial charge is 0.464 e. The van der Waals surface area contributed by atoms with Gasteiger partial charge in [-0.05, 0) is 65.6 Å². The van der Waals surface area contributed by atoms with Crippen molar-refractivity contribution in [1.82, 2.24) is 20.5 Å². The molecular formula is C26H25ClN4O5. The van der Waals surface area contributed by atoms with Crippen LogP contribution in [0.4, 0.5) is 0 Å². The number of aromatic nitrogens is 3. The molecular weight excluding hydrogens is 484 g/mol. The molecule has 4 rings (SSSR count). The molecule has 0 aliphatic rings. The summed E-state index contributed by atoms with van der Waals surface area (Å²) in [5.41, 5.74) is 3.84. The number of benzene rings is 3. The molecule has 1 heterocycles. The van der Waals surface area contributed by atoms with E-state index in [9.17, 15) is 19.9 Å². The normalized spacial score (nSPS) is 12.8. The summed E-state index contributed by atoms with van der Waals surface area (Å²) in [6.07, 6.45) is -1.08. The quantitative estimate of drug-likeness (QED) is 0.233. The molecule has 0 saturated carbocycles. The lowest BCUT2D eigenvalue weighted by Gasteiger charge is -2.21. The molecule has 2 atom stereocenters. The Bertz CT molecular complexity index is 1370. The molecule has 9 nitrogen and oxygen atoms in total. The number of carbonyl (C=O) groups excluding carboxylic acids is 2. The number of hydrogen-bond donors (Lipinski definition) is 3. The molecule has 0 fully saturated rings. The topological polar surface area (TPSA) is 127 Å². The van der Waals surface area contributed by atoms with Crippen molar-refractivity contribution < 1.29 is 24.6 Å². The van der Waals surface area contributed by atoms with E-state index < -0.39 is 24.0 Å². The van der Waals surface area contributed by atoms with Gasteiger partial charge in [0.05, 0.1) is 6.61 Å². The Kier molecular flexibility index (Phi) is 7.82. The summed E-state index contributed by atoms with van der Waals surface area (Å²) in [6, 6.07) is 19.3. The van der Waals surface area contributed by atoms with Gasteiger partial charge in [0.25, 0.3) is 5.91 Å². The van der Waals surface area contributed by atoms with E-state index in [-0.39, 0.29) is 24.1 Å². The van der Waals surface area contributed by atoms with Crippen molar-refractivity contribution in [3.05, 3.63) is 82.9 Å². The SMILES string of the molecule is CCOC(=O)C(O)CC(Cc1ccc(-c2cccc(Cl)c2)cc1)NC(=O)c1ccc2nnn(O)c2c1. The number of carbonyl (C=O) groups is 2. The lowest BCUT2D eigenvalue weighted by molar-refractivity contribution is -0.153. The van der Waals surface area contributed by atoms with E-state index in [1.807, 2.05) is 48.5 Å². The highest BCUT2D eigenvalue weighted by molar-refractivity contribution is 6.30. The minimum Gasteiger partial charge on any atom is -0.464 e. The van der Waals surface area contributed by atoms with Gasteiger partial charge >= 0.3 is 5.97 Å². The summed E-state index contributed by atoms with van der Waals surface area (Å²) >= 11 is 6.10. The summed E-state index contributed by atoms with van der Waals surface area (Å²) in [5, 5.41) is 31.0. The molecule has 2 unspecified atom stereocenters. The molecule has 3 aromatic carbocycles. The lowest BCUT2D eigenvalue weighted by atomic mass is 9.97. The molecule has 0 spiro atoms. The molecule has 0 radical (unpaired) electrons. The molecule has 3 N–H and O–H groups in total. The van der Waals surface area contributed by atoms with Gasteiger partial charge in [0.2, 0.25) is 0 Å². The minimum atomic E-state index is -1.40. The Labute approximate surface area is 212 Å². The zero-order valence-corrected chi connectivity index (χ0v) is 20.2.